The van der Waals surface area contributed by atoms with Crippen molar-refractivity contribution in [2.75, 3.05) is 0 Å². The van der Waals surface area contributed by atoms with Gasteiger partial charge in [-0.05, 0) is 193 Å². The highest BCUT2D eigenvalue weighted by Gasteiger charge is 2.17. The molecule has 6 nitrogen and oxygen atoms in total. The summed E-state index contributed by atoms with van der Waals surface area (Å²) in [5.41, 5.74) is 18.7. The van der Waals surface area contributed by atoms with Gasteiger partial charge >= 0.3 is 0 Å². The number of pyridine rings is 4. The second-order valence-corrected chi connectivity index (χ2v) is 15.7. The summed E-state index contributed by atoms with van der Waals surface area (Å²) in [6.45, 7) is 0. The van der Waals surface area contributed by atoms with E-state index in [9.17, 15) is 0 Å². The first kappa shape index (κ1) is 38.2. The molecule has 0 bridgehead atoms. The van der Waals surface area contributed by atoms with Crippen molar-refractivity contribution in [1.82, 2.24) is 29.9 Å². The summed E-state index contributed by atoms with van der Waals surface area (Å²) in [6, 6.07) is 64.1. The van der Waals surface area contributed by atoms with Gasteiger partial charge in [0.1, 0.15) is 0 Å². The van der Waals surface area contributed by atoms with Crippen LogP contribution in [0.4, 0.5) is 0 Å². The molecule has 5 heterocycles. The van der Waals surface area contributed by atoms with Crippen molar-refractivity contribution < 1.29 is 0 Å². The summed E-state index contributed by atoms with van der Waals surface area (Å²) in [6.07, 6.45) is 14.7. The zero-order valence-electron chi connectivity index (χ0n) is 34.6. The van der Waals surface area contributed by atoms with Gasteiger partial charge in [0.15, 0.2) is 5.82 Å². The summed E-state index contributed by atoms with van der Waals surface area (Å²) in [7, 11) is 0. The van der Waals surface area contributed by atoms with E-state index < -0.39 is 0 Å². The summed E-state index contributed by atoms with van der Waals surface area (Å²) >= 11 is 0. The van der Waals surface area contributed by atoms with Crippen LogP contribution in [0.3, 0.4) is 0 Å². The Morgan fingerprint density at radius 3 is 0.938 bits per heavy atom. The molecule has 0 saturated heterocycles. The Kier molecular flexibility index (Phi) is 10.1. The predicted molar refractivity (Wildman–Crippen MR) is 260 cm³/mol. The summed E-state index contributed by atoms with van der Waals surface area (Å²) < 4.78 is 0. The van der Waals surface area contributed by atoms with Crippen molar-refractivity contribution in [3.8, 4) is 101 Å². The fraction of sp³-hybridized carbons (Fsp3) is 0. The molecule has 0 N–H and O–H groups in total. The van der Waals surface area contributed by atoms with Crippen molar-refractivity contribution in [3.05, 3.63) is 232 Å². The Hall–Kier alpha value is -8.74. The van der Waals surface area contributed by atoms with E-state index in [1.807, 2.05) is 61.7 Å². The highest BCUT2D eigenvalue weighted by Crippen LogP contribution is 2.40. The molecule has 0 aliphatic rings. The lowest BCUT2D eigenvalue weighted by atomic mass is 9.89. The Morgan fingerprint density at radius 2 is 0.547 bits per heavy atom. The van der Waals surface area contributed by atoms with Gasteiger partial charge in [-0.2, -0.15) is 0 Å². The van der Waals surface area contributed by atoms with E-state index in [-0.39, 0.29) is 0 Å². The first-order valence-corrected chi connectivity index (χ1v) is 21.2. The second-order valence-electron chi connectivity index (χ2n) is 15.7. The zero-order valence-corrected chi connectivity index (χ0v) is 34.6. The maximum absolute atomic E-state index is 5.44. The van der Waals surface area contributed by atoms with E-state index in [2.05, 4.69) is 190 Å². The minimum Gasteiger partial charge on any atom is -0.265 e. The van der Waals surface area contributed by atoms with Crippen molar-refractivity contribution in [3.63, 3.8) is 0 Å². The number of nitrogens with zero attached hydrogens (tertiary/aromatic N) is 6. The Morgan fingerprint density at radius 1 is 0.219 bits per heavy atom. The molecular weight excluding hydrogens is 781 g/mol. The molecular formula is C58H38N6. The molecule has 0 amide bonds. The van der Waals surface area contributed by atoms with Gasteiger partial charge in [-0.15, -0.1) is 0 Å². The first-order valence-electron chi connectivity index (χ1n) is 21.2. The van der Waals surface area contributed by atoms with Crippen LogP contribution in [0.5, 0.6) is 0 Å². The van der Waals surface area contributed by atoms with Crippen LogP contribution in [0.15, 0.2) is 232 Å². The lowest BCUT2D eigenvalue weighted by Crippen LogP contribution is -1.97. The van der Waals surface area contributed by atoms with Crippen LogP contribution < -0.4 is 0 Å². The van der Waals surface area contributed by atoms with E-state index in [4.69, 9.17) is 9.97 Å². The third-order valence-electron chi connectivity index (χ3n) is 11.6. The normalized spacial score (nSPS) is 11.1. The van der Waals surface area contributed by atoms with E-state index in [0.29, 0.717) is 5.82 Å². The van der Waals surface area contributed by atoms with Crippen LogP contribution in [-0.4, -0.2) is 29.9 Å². The molecule has 5 aromatic heterocycles. The molecule has 0 radical (unpaired) electrons. The summed E-state index contributed by atoms with van der Waals surface area (Å²) in [5, 5.41) is 0.991. The molecule has 11 rings (SSSR count). The molecule has 300 valence electrons. The molecule has 64 heavy (non-hydrogen) atoms. The van der Waals surface area contributed by atoms with Gasteiger partial charge in [-0.1, -0.05) is 66.7 Å². The average molecular weight is 819 g/mol. The second kappa shape index (κ2) is 17.0. The van der Waals surface area contributed by atoms with Gasteiger partial charge in [-0.3, -0.25) is 19.9 Å². The highest BCUT2D eigenvalue weighted by atomic mass is 14.9. The van der Waals surface area contributed by atoms with E-state index >= 15 is 0 Å². The fourth-order valence-electron chi connectivity index (χ4n) is 8.41. The van der Waals surface area contributed by atoms with Crippen LogP contribution in [-0.2, 0) is 0 Å². The van der Waals surface area contributed by atoms with E-state index in [0.717, 1.165) is 106 Å². The fourth-order valence-corrected chi connectivity index (χ4v) is 8.41. The smallest absolute Gasteiger partial charge is 0.160 e. The Bertz CT molecular complexity index is 3140. The molecule has 0 aliphatic heterocycles. The minimum absolute atomic E-state index is 0.638. The predicted octanol–water partition coefficient (Wildman–Crippen LogP) is 14.2. The molecule has 0 spiro atoms. The maximum Gasteiger partial charge on any atom is 0.160 e. The molecule has 6 aromatic carbocycles. The highest BCUT2D eigenvalue weighted by molar-refractivity contribution is 5.97. The SMILES string of the molecule is c1ccc(-c2ccc3c(-c4ccccc4)nc(-c4cc(-c5cc(-c6ccncc6)cc(-c6ccncc6)c5)cc(-c5cc(-c6ccncc6)cc(-c6ccncc6)c5)c4)nc3c2)cc1. The van der Waals surface area contributed by atoms with Gasteiger partial charge in [-0.25, -0.2) is 9.97 Å². The molecule has 11 aromatic rings. The number of fused-ring (bicyclic) bond motifs is 1. The molecule has 0 saturated carbocycles. The third kappa shape index (κ3) is 7.83. The molecule has 0 aliphatic carbocycles. The van der Waals surface area contributed by atoms with Crippen molar-refractivity contribution in [1.29, 1.82) is 0 Å². The minimum atomic E-state index is 0.638. The van der Waals surface area contributed by atoms with Gasteiger partial charge < -0.3 is 0 Å². The maximum atomic E-state index is 5.44. The quantitative estimate of drug-likeness (QED) is 0.144. The Balaban J connectivity index is 1.18. The average Bonchev–Trinajstić information content (AvgIpc) is 3.39. The number of hydrogen-bond donors (Lipinski definition) is 0. The molecule has 6 heteroatoms. The number of rotatable bonds is 9. The van der Waals surface area contributed by atoms with Gasteiger partial charge in [0.05, 0.1) is 11.2 Å². The third-order valence-corrected chi connectivity index (χ3v) is 11.6. The topological polar surface area (TPSA) is 77.3 Å². The van der Waals surface area contributed by atoms with Crippen LogP contribution in [0.2, 0.25) is 0 Å². The van der Waals surface area contributed by atoms with Gasteiger partial charge in [0, 0.05) is 66.1 Å². The lowest BCUT2D eigenvalue weighted by molar-refractivity contribution is 1.23. The van der Waals surface area contributed by atoms with Crippen LogP contribution in [0.25, 0.3) is 111 Å². The lowest BCUT2D eigenvalue weighted by Gasteiger charge is -2.16. The van der Waals surface area contributed by atoms with Crippen LogP contribution in [0, 0.1) is 0 Å². The van der Waals surface area contributed by atoms with Crippen LogP contribution >= 0.6 is 0 Å². The number of hydrogen-bond acceptors (Lipinski definition) is 6. The van der Waals surface area contributed by atoms with Crippen molar-refractivity contribution in [2.24, 2.45) is 0 Å². The first-order chi connectivity index (χ1) is 31.7. The summed E-state index contributed by atoms with van der Waals surface area (Å²) in [4.78, 5) is 28.1. The molecule has 0 unspecified atom stereocenters. The molecule has 0 fully saturated rings. The van der Waals surface area contributed by atoms with Crippen LogP contribution in [0.1, 0.15) is 0 Å². The van der Waals surface area contributed by atoms with E-state index in [1.54, 1.807) is 0 Å². The Labute approximate surface area is 371 Å². The standard InChI is InChI=1S/C58H38N6/c1-3-7-39(8-4-1)45-11-12-55-56(38-45)63-58(64-57(55)44-9-5-2-6-10-44)54-36-52(50-31-46(40-13-21-59-22-14-40)29-47(32-50)41-15-23-60-24-16-41)35-53(37-54)51-33-48(42-17-25-61-26-18-42)30-49(34-51)43-19-27-62-28-20-43/h1-38H. The number of aromatic nitrogens is 6. The zero-order chi connectivity index (χ0) is 42.7. The van der Waals surface area contributed by atoms with Crippen molar-refractivity contribution >= 4 is 10.9 Å². The van der Waals surface area contributed by atoms with Gasteiger partial charge in [0.2, 0.25) is 0 Å². The van der Waals surface area contributed by atoms with E-state index in [1.165, 1.54) is 0 Å². The number of benzene rings is 6. The largest absolute Gasteiger partial charge is 0.265 e. The van der Waals surface area contributed by atoms with Gasteiger partial charge in [0.25, 0.3) is 0 Å². The molecule has 0 atom stereocenters. The summed E-state index contributed by atoms with van der Waals surface area (Å²) in [5.74, 6) is 0.638. The van der Waals surface area contributed by atoms with Crippen molar-refractivity contribution in [2.45, 2.75) is 0 Å². The monoisotopic (exact) mass is 818 g/mol.